The number of amides is 2. The molecule has 0 aliphatic carbocycles. The summed E-state index contributed by atoms with van der Waals surface area (Å²) in [6.45, 7) is 1.43. The first kappa shape index (κ1) is 19.8. The van der Waals surface area contributed by atoms with Gasteiger partial charge in [0.25, 0.3) is 5.91 Å². The van der Waals surface area contributed by atoms with Crippen molar-refractivity contribution in [3.8, 4) is 5.75 Å². The van der Waals surface area contributed by atoms with E-state index in [1.165, 1.54) is 18.2 Å². The van der Waals surface area contributed by atoms with Crippen molar-refractivity contribution in [3.63, 3.8) is 0 Å². The van der Waals surface area contributed by atoms with Crippen LogP contribution >= 0.6 is 0 Å². The predicted octanol–water partition coefficient (Wildman–Crippen LogP) is 2.43. The second-order valence-corrected chi connectivity index (χ2v) is 6.53. The molecule has 28 heavy (non-hydrogen) atoms. The normalized spacial score (nSPS) is 15.8. The molecule has 1 saturated heterocycles. The van der Waals surface area contributed by atoms with Gasteiger partial charge in [0.2, 0.25) is 5.91 Å². The van der Waals surface area contributed by atoms with Crippen molar-refractivity contribution in [2.24, 2.45) is 0 Å². The molecule has 0 bridgehead atoms. The van der Waals surface area contributed by atoms with Crippen molar-refractivity contribution in [2.45, 2.75) is 25.5 Å². The molecule has 1 atom stereocenters. The van der Waals surface area contributed by atoms with Crippen molar-refractivity contribution in [1.82, 2.24) is 10.6 Å². The highest BCUT2D eigenvalue weighted by Gasteiger charge is 2.16. The summed E-state index contributed by atoms with van der Waals surface area (Å²) in [6.07, 6.45) is 2.27. The third-order valence-corrected chi connectivity index (χ3v) is 4.40. The van der Waals surface area contributed by atoms with Gasteiger partial charge in [-0.3, -0.25) is 9.59 Å². The first-order valence-corrected chi connectivity index (χ1v) is 9.24. The van der Waals surface area contributed by atoms with Crippen molar-refractivity contribution in [3.05, 3.63) is 65.5 Å². The number of hydrogen-bond acceptors (Lipinski definition) is 4. The van der Waals surface area contributed by atoms with Gasteiger partial charge in [0, 0.05) is 13.2 Å². The molecular formula is C21H23FN2O4. The third-order valence-electron chi connectivity index (χ3n) is 4.40. The van der Waals surface area contributed by atoms with E-state index >= 15 is 0 Å². The topological polar surface area (TPSA) is 76.7 Å². The predicted molar refractivity (Wildman–Crippen MR) is 101 cm³/mol. The van der Waals surface area contributed by atoms with E-state index < -0.39 is 11.7 Å². The molecule has 6 nitrogen and oxygen atoms in total. The van der Waals surface area contributed by atoms with Gasteiger partial charge in [-0.2, -0.15) is 0 Å². The Labute approximate surface area is 163 Å². The summed E-state index contributed by atoms with van der Waals surface area (Å²) in [5.74, 6) is -0.852. The van der Waals surface area contributed by atoms with Gasteiger partial charge in [-0.25, -0.2) is 4.39 Å². The fourth-order valence-corrected chi connectivity index (χ4v) is 2.83. The van der Waals surface area contributed by atoms with Crippen molar-refractivity contribution < 1.29 is 23.5 Å². The highest BCUT2D eigenvalue weighted by Crippen LogP contribution is 2.16. The van der Waals surface area contributed by atoms with Gasteiger partial charge >= 0.3 is 0 Å². The van der Waals surface area contributed by atoms with Crippen LogP contribution in [0.1, 0.15) is 28.8 Å². The van der Waals surface area contributed by atoms with Crippen LogP contribution in [-0.4, -0.2) is 37.7 Å². The molecule has 1 fully saturated rings. The zero-order valence-corrected chi connectivity index (χ0v) is 15.4. The Morgan fingerprint density at radius 2 is 1.89 bits per heavy atom. The molecule has 0 spiro atoms. The molecule has 1 aliphatic heterocycles. The molecule has 2 N–H and O–H groups in total. The summed E-state index contributed by atoms with van der Waals surface area (Å²) in [7, 11) is 0. The Morgan fingerprint density at radius 3 is 2.61 bits per heavy atom. The second kappa shape index (κ2) is 9.85. The van der Waals surface area contributed by atoms with E-state index in [4.69, 9.17) is 9.47 Å². The lowest BCUT2D eigenvalue weighted by Crippen LogP contribution is -2.36. The molecule has 1 aliphatic rings. The second-order valence-electron chi connectivity index (χ2n) is 6.53. The Bertz CT molecular complexity index is 804. The largest absolute Gasteiger partial charge is 0.491 e. The standard InChI is InChI=1S/C21H23FN2O4/c22-19-6-2-1-5-18(19)21(26)24-13-20(25)23-12-15-7-9-16(10-8-15)28-14-17-4-3-11-27-17/h1-2,5-10,17H,3-4,11-14H2,(H,23,25)(H,24,26). The minimum absolute atomic E-state index is 0.0890. The monoisotopic (exact) mass is 386 g/mol. The highest BCUT2D eigenvalue weighted by atomic mass is 19.1. The van der Waals surface area contributed by atoms with Crippen LogP contribution in [0.3, 0.4) is 0 Å². The van der Waals surface area contributed by atoms with E-state index in [-0.39, 0.29) is 24.1 Å². The quantitative estimate of drug-likeness (QED) is 0.731. The van der Waals surface area contributed by atoms with Gasteiger partial charge in [0.15, 0.2) is 0 Å². The number of nitrogens with one attached hydrogen (secondary N) is 2. The number of ether oxygens (including phenoxy) is 2. The Balaban J connectivity index is 1.38. The zero-order chi connectivity index (χ0) is 19.8. The Hall–Kier alpha value is -2.93. The van der Waals surface area contributed by atoms with Crippen LogP contribution in [0.2, 0.25) is 0 Å². The summed E-state index contributed by atoms with van der Waals surface area (Å²) >= 11 is 0. The Morgan fingerprint density at radius 1 is 1.11 bits per heavy atom. The molecule has 3 rings (SSSR count). The molecule has 2 amide bonds. The average molecular weight is 386 g/mol. The first-order valence-electron chi connectivity index (χ1n) is 9.24. The van der Waals surface area contributed by atoms with E-state index in [0.717, 1.165) is 30.8 Å². The minimum Gasteiger partial charge on any atom is -0.491 e. The molecule has 1 unspecified atom stereocenters. The van der Waals surface area contributed by atoms with Gasteiger partial charge in [-0.15, -0.1) is 0 Å². The number of benzene rings is 2. The van der Waals surface area contributed by atoms with Crippen LogP contribution in [0.4, 0.5) is 4.39 Å². The number of rotatable bonds is 8. The van der Waals surface area contributed by atoms with Crippen LogP contribution in [0, 0.1) is 5.82 Å². The lowest BCUT2D eigenvalue weighted by atomic mass is 10.2. The van der Waals surface area contributed by atoms with E-state index in [2.05, 4.69) is 10.6 Å². The molecule has 148 valence electrons. The fourth-order valence-electron chi connectivity index (χ4n) is 2.83. The summed E-state index contributed by atoms with van der Waals surface area (Å²) in [5.41, 5.74) is 0.812. The van der Waals surface area contributed by atoms with Crippen molar-refractivity contribution >= 4 is 11.8 Å². The molecule has 0 aromatic heterocycles. The van der Waals surface area contributed by atoms with Gasteiger partial charge < -0.3 is 20.1 Å². The van der Waals surface area contributed by atoms with Crippen LogP contribution in [0.15, 0.2) is 48.5 Å². The molecule has 0 radical (unpaired) electrons. The summed E-state index contributed by atoms with van der Waals surface area (Å²) in [6, 6.07) is 13.0. The lowest BCUT2D eigenvalue weighted by molar-refractivity contribution is -0.120. The van der Waals surface area contributed by atoms with Crippen molar-refractivity contribution in [1.29, 1.82) is 0 Å². The maximum atomic E-state index is 13.5. The summed E-state index contributed by atoms with van der Waals surface area (Å²) < 4.78 is 24.7. The number of halogens is 1. The van der Waals surface area contributed by atoms with E-state index in [1.807, 2.05) is 24.3 Å². The van der Waals surface area contributed by atoms with Crippen molar-refractivity contribution in [2.75, 3.05) is 19.8 Å². The van der Waals surface area contributed by atoms with E-state index in [1.54, 1.807) is 6.07 Å². The van der Waals surface area contributed by atoms with Gasteiger partial charge in [-0.05, 0) is 42.7 Å². The molecule has 2 aromatic rings. The maximum Gasteiger partial charge on any atom is 0.254 e. The fraction of sp³-hybridized carbons (Fsp3) is 0.333. The third kappa shape index (κ3) is 5.79. The first-order chi connectivity index (χ1) is 13.6. The molecular weight excluding hydrogens is 363 g/mol. The van der Waals surface area contributed by atoms with E-state index in [0.29, 0.717) is 13.2 Å². The SMILES string of the molecule is O=C(CNC(=O)c1ccccc1F)NCc1ccc(OCC2CCCO2)cc1. The highest BCUT2D eigenvalue weighted by molar-refractivity contribution is 5.96. The zero-order valence-electron chi connectivity index (χ0n) is 15.4. The van der Waals surface area contributed by atoms with Crippen LogP contribution in [0.5, 0.6) is 5.75 Å². The molecule has 2 aromatic carbocycles. The minimum atomic E-state index is -0.624. The van der Waals surface area contributed by atoms with Crippen LogP contribution in [0.25, 0.3) is 0 Å². The lowest BCUT2D eigenvalue weighted by Gasteiger charge is -2.12. The molecule has 7 heteroatoms. The van der Waals surface area contributed by atoms with Gasteiger partial charge in [0.05, 0.1) is 18.2 Å². The maximum absolute atomic E-state index is 13.5. The summed E-state index contributed by atoms with van der Waals surface area (Å²) in [5, 5.41) is 5.11. The number of carbonyl (C=O) groups excluding carboxylic acids is 2. The smallest absolute Gasteiger partial charge is 0.254 e. The van der Waals surface area contributed by atoms with Crippen LogP contribution < -0.4 is 15.4 Å². The number of hydrogen-bond donors (Lipinski definition) is 2. The summed E-state index contributed by atoms with van der Waals surface area (Å²) in [4.78, 5) is 23.8. The van der Waals surface area contributed by atoms with Crippen LogP contribution in [-0.2, 0) is 16.1 Å². The van der Waals surface area contributed by atoms with E-state index in [9.17, 15) is 14.0 Å². The molecule has 0 saturated carbocycles. The average Bonchev–Trinajstić information content (AvgIpc) is 3.24. The van der Waals surface area contributed by atoms with Gasteiger partial charge in [0.1, 0.15) is 18.2 Å². The Kier molecular flexibility index (Phi) is 6.97. The molecule has 1 heterocycles. The number of carbonyl (C=O) groups is 2. The van der Waals surface area contributed by atoms with Gasteiger partial charge in [-0.1, -0.05) is 24.3 Å².